The van der Waals surface area contributed by atoms with Gasteiger partial charge in [-0.3, -0.25) is 9.69 Å². The molecule has 5 nitrogen and oxygen atoms in total. The number of esters is 1. The minimum absolute atomic E-state index is 0.126. The zero-order valence-electron chi connectivity index (χ0n) is 10.3. The van der Waals surface area contributed by atoms with Crippen LogP contribution in [0.15, 0.2) is 12.4 Å². The molecule has 0 saturated carbocycles. The number of fused-ring (bicyclic) bond motifs is 1. The van der Waals surface area contributed by atoms with Crippen molar-refractivity contribution in [3.63, 3.8) is 0 Å². The van der Waals surface area contributed by atoms with E-state index in [1.165, 1.54) is 0 Å². The summed E-state index contributed by atoms with van der Waals surface area (Å²) in [5, 5.41) is 0. The number of nitrogens with zero attached hydrogens (tertiary/aromatic N) is 3. The second-order valence-corrected chi connectivity index (χ2v) is 4.32. The number of carbonyl (C=O) groups is 1. The van der Waals surface area contributed by atoms with Crippen LogP contribution in [0.25, 0.3) is 0 Å². The third-order valence-electron chi connectivity index (χ3n) is 2.94. The standard InChI is InChI=1S/C12H19N3O2/c1-2-3-8-17-12(16)10-14-6-7-15-5-4-13-11(15)9-14/h4-5H,2-3,6-10H2,1H3. The van der Waals surface area contributed by atoms with Crippen LogP contribution in [-0.2, 0) is 22.6 Å². The molecular formula is C12H19N3O2. The topological polar surface area (TPSA) is 47.4 Å². The van der Waals surface area contributed by atoms with Gasteiger partial charge in [0.2, 0.25) is 0 Å². The summed E-state index contributed by atoms with van der Waals surface area (Å²) >= 11 is 0. The zero-order chi connectivity index (χ0) is 12.1. The largest absolute Gasteiger partial charge is 0.465 e. The molecule has 5 heteroatoms. The van der Waals surface area contributed by atoms with Gasteiger partial charge in [-0.05, 0) is 6.42 Å². The van der Waals surface area contributed by atoms with Crippen molar-refractivity contribution in [3.05, 3.63) is 18.2 Å². The first-order valence-corrected chi connectivity index (χ1v) is 6.17. The van der Waals surface area contributed by atoms with Crippen LogP contribution in [0.2, 0.25) is 0 Å². The van der Waals surface area contributed by atoms with Crippen LogP contribution < -0.4 is 0 Å². The smallest absolute Gasteiger partial charge is 0.320 e. The Labute approximate surface area is 101 Å². The Morgan fingerprint density at radius 1 is 1.53 bits per heavy atom. The molecule has 0 unspecified atom stereocenters. The minimum atomic E-state index is -0.126. The van der Waals surface area contributed by atoms with Crippen molar-refractivity contribution in [1.82, 2.24) is 14.5 Å². The fourth-order valence-corrected chi connectivity index (χ4v) is 1.92. The van der Waals surface area contributed by atoms with Gasteiger partial charge in [-0.2, -0.15) is 0 Å². The monoisotopic (exact) mass is 237 g/mol. The lowest BCUT2D eigenvalue weighted by Crippen LogP contribution is -2.37. The molecule has 0 radical (unpaired) electrons. The van der Waals surface area contributed by atoms with Crippen LogP contribution >= 0.6 is 0 Å². The summed E-state index contributed by atoms with van der Waals surface area (Å²) in [6.45, 7) is 5.51. The second-order valence-electron chi connectivity index (χ2n) is 4.32. The van der Waals surface area contributed by atoms with Gasteiger partial charge in [0.05, 0.1) is 19.7 Å². The van der Waals surface area contributed by atoms with Crippen molar-refractivity contribution < 1.29 is 9.53 Å². The molecule has 0 aromatic carbocycles. The number of hydrogen-bond acceptors (Lipinski definition) is 4. The summed E-state index contributed by atoms with van der Waals surface area (Å²) in [6.07, 6.45) is 5.77. The van der Waals surface area contributed by atoms with Gasteiger partial charge in [0.15, 0.2) is 0 Å². The number of ether oxygens (including phenoxy) is 1. The van der Waals surface area contributed by atoms with Crippen LogP contribution in [0.4, 0.5) is 0 Å². The van der Waals surface area contributed by atoms with Crippen LogP contribution in [0.5, 0.6) is 0 Å². The van der Waals surface area contributed by atoms with Gasteiger partial charge in [0.25, 0.3) is 0 Å². The lowest BCUT2D eigenvalue weighted by molar-refractivity contribution is -0.145. The molecule has 0 N–H and O–H groups in total. The van der Waals surface area contributed by atoms with Gasteiger partial charge in [0.1, 0.15) is 5.82 Å². The Morgan fingerprint density at radius 2 is 2.41 bits per heavy atom. The predicted molar refractivity (Wildman–Crippen MR) is 63.4 cm³/mol. The summed E-state index contributed by atoms with van der Waals surface area (Å²) in [5.74, 6) is 0.899. The molecule has 1 aliphatic rings. The van der Waals surface area contributed by atoms with Gasteiger partial charge < -0.3 is 9.30 Å². The lowest BCUT2D eigenvalue weighted by Gasteiger charge is -2.26. The second kappa shape index (κ2) is 5.82. The van der Waals surface area contributed by atoms with Gasteiger partial charge >= 0.3 is 5.97 Å². The van der Waals surface area contributed by atoms with Crippen LogP contribution in [0.3, 0.4) is 0 Å². The third kappa shape index (κ3) is 3.30. The van der Waals surface area contributed by atoms with Gasteiger partial charge in [-0.15, -0.1) is 0 Å². The fraction of sp³-hybridized carbons (Fsp3) is 0.667. The number of carbonyl (C=O) groups excluding carboxylic acids is 1. The van der Waals surface area contributed by atoms with E-state index in [4.69, 9.17) is 4.74 Å². The number of hydrogen-bond donors (Lipinski definition) is 0. The molecule has 0 amide bonds. The van der Waals surface area contributed by atoms with E-state index in [1.54, 1.807) is 6.20 Å². The summed E-state index contributed by atoms with van der Waals surface area (Å²) in [6, 6.07) is 0. The van der Waals surface area contributed by atoms with Crippen LogP contribution in [-0.4, -0.2) is 40.1 Å². The van der Waals surface area contributed by atoms with Crippen LogP contribution in [0, 0.1) is 0 Å². The van der Waals surface area contributed by atoms with E-state index in [9.17, 15) is 4.79 Å². The Kier molecular flexibility index (Phi) is 4.14. The zero-order valence-corrected chi connectivity index (χ0v) is 10.3. The molecule has 94 valence electrons. The fourth-order valence-electron chi connectivity index (χ4n) is 1.92. The maximum atomic E-state index is 11.5. The molecule has 1 aliphatic heterocycles. The average Bonchev–Trinajstić information content (AvgIpc) is 2.76. The highest BCUT2D eigenvalue weighted by atomic mass is 16.5. The lowest BCUT2D eigenvalue weighted by atomic mass is 10.3. The minimum Gasteiger partial charge on any atom is -0.465 e. The molecule has 0 atom stereocenters. The first-order valence-electron chi connectivity index (χ1n) is 6.17. The van der Waals surface area contributed by atoms with E-state index in [-0.39, 0.29) is 5.97 Å². The Balaban J connectivity index is 1.76. The van der Waals surface area contributed by atoms with Gasteiger partial charge in [-0.1, -0.05) is 13.3 Å². The van der Waals surface area contributed by atoms with E-state index in [1.807, 2.05) is 6.20 Å². The molecule has 1 aromatic heterocycles. The van der Waals surface area contributed by atoms with Crippen molar-refractivity contribution in [3.8, 4) is 0 Å². The summed E-state index contributed by atoms with van der Waals surface area (Å²) in [5.41, 5.74) is 0. The average molecular weight is 237 g/mol. The van der Waals surface area contributed by atoms with Crippen molar-refractivity contribution >= 4 is 5.97 Å². The van der Waals surface area contributed by atoms with Crippen LogP contribution in [0.1, 0.15) is 25.6 Å². The van der Waals surface area contributed by atoms with Crippen molar-refractivity contribution in [1.29, 1.82) is 0 Å². The highest BCUT2D eigenvalue weighted by Gasteiger charge is 2.19. The molecule has 2 rings (SSSR count). The summed E-state index contributed by atoms with van der Waals surface area (Å²) < 4.78 is 7.27. The molecule has 0 spiro atoms. The molecule has 17 heavy (non-hydrogen) atoms. The molecule has 0 fully saturated rings. The van der Waals surface area contributed by atoms with Crippen molar-refractivity contribution in [2.75, 3.05) is 19.7 Å². The number of unbranched alkanes of at least 4 members (excludes halogenated alkanes) is 1. The SMILES string of the molecule is CCCCOC(=O)CN1CCn2ccnc2C1. The van der Waals surface area contributed by atoms with E-state index in [2.05, 4.69) is 21.4 Å². The normalized spacial score (nSPS) is 15.6. The molecular weight excluding hydrogens is 218 g/mol. The molecule has 0 bridgehead atoms. The predicted octanol–water partition coefficient (Wildman–Crippen LogP) is 1.04. The van der Waals surface area contributed by atoms with Gasteiger partial charge in [0, 0.05) is 25.5 Å². The van der Waals surface area contributed by atoms with E-state index >= 15 is 0 Å². The summed E-state index contributed by atoms with van der Waals surface area (Å²) in [4.78, 5) is 17.9. The first-order chi connectivity index (χ1) is 8.29. The number of imidazole rings is 1. The Bertz CT molecular complexity index is 376. The Morgan fingerprint density at radius 3 is 3.24 bits per heavy atom. The Hall–Kier alpha value is -1.36. The quantitative estimate of drug-likeness (QED) is 0.567. The number of aromatic nitrogens is 2. The van der Waals surface area contributed by atoms with Crippen molar-refractivity contribution in [2.24, 2.45) is 0 Å². The molecule has 0 aliphatic carbocycles. The maximum Gasteiger partial charge on any atom is 0.320 e. The van der Waals surface area contributed by atoms with E-state index < -0.39 is 0 Å². The van der Waals surface area contributed by atoms with Crippen molar-refractivity contribution in [2.45, 2.75) is 32.9 Å². The van der Waals surface area contributed by atoms with Gasteiger partial charge in [-0.25, -0.2) is 4.98 Å². The van der Waals surface area contributed by atoms with E-state index in [0.29, 0.717) is 13.2 Å². The molecule has 2 heterocycles. The summed E-state index contributed by atoms with van der Waals surface area (Å²) in [7, 11) is 0. The maximum absolute atomic E-state index is 11.5. The third-order valence-corrected chi connectivity index (χ3v) is 2.94. The molecule has 0 saturated heterocycles. The first kappa shape index (κ1) is 12.1. The highest BCUT2D eigenvalue weighted by molar-refractivity contribution is 5.71. The van der Waals surface area contributed by atoms with E-state index in [0.717, 1.165) is 38.3 Å². The highest BCUT2D eigenvalue weighted by Crippen LogP contribution is 2.09. The number of rotatable bonds is 5. The molecule has 1 aromatic rings.